The van der Waals surface area contributed by atoms with Crippen molar-refractivity contribution in [3.05, 3.63) is 48.2 Å². The van der Waals surface area contributed by atoms with Gasteiger partial charge in [0, 0.05) is 6.20 Å². The van der Waals surface area contributed by atoms with Crippen molar-refractivity contribution in [3.8, 4) is 5.75 Å². The summed E-state index contributed by atoms with van der Waals surface area (Å²) in [6.45, 7) is 1.92. The van der Waals surface area contributed by atoms with Crippen molar-refractivity contribution < 1.29 is 9.53 Å². The summed E-state index contributed by atoms with van der Waals surface area (Å²) in [7, 11) is 1.54. The van der Waals surface area contributed by atoms with Crippen molar-refractivity contribution in [1.82, 2.24) is 4.98 Å². The van der Waals surface area contributed by atoms with Crippen LogP contribution in [0.1, 0.15) is 5.56 Å². The first-order valence-electron chi connectivity index (χ1n) is 5.78. The van der Waals surface area contributed by atoms with Crippen LogP contribution < -0.4 is 15.4 Å². The van der Waals surface area contributed by atoms with Gasteiger partial charge in [0.2, 0.25) is 0 Å². The first kappa shape index (κ1) is 12.9. The SMILES string of the molecule is COc1ccccc1N(C(N)=O)c1cc(C)ccn1. The fourth-order valence-electron chi connectivity index (χ4n) is 1.81. The zero-order chi connectivity index (χ0) is 13.8. The number of nitrogens with two attached hydrogens (primary N) is 1. The number of benzene rings is 1. The van der Waals surface area contributed by atoms with E-state index in [0.29, 0.717) is 17.3 Å². The predicted octanol–water partition coefficient (Wildman–Crippen LogP) is 2.62. The molecule has 2 rings (SSSR count). The number of hydrogen-bond acceptors (Lipinski definition) is 3. The van der Waals surface area contributed by atoms with Crippen LogP contribution in [0.5, 0.6) is 5.75 Å². The highest BCUT2D eigenvalue weighted by Gasteiger charge is 2.19. The summed E-state index contributed by atoms with van der Waals surface area (Å²) in [5.41, 5.74) is 7.02. The molecule has 0 aliphatic rings. The number of aromatic nitrogens is 1. The molecule has 0 saturated carbocycles. The number of anilines is 2. The maximum atomic E-state index is 11.7. The molecule has 2 aromatic rings. The second-order valence-corrected chi connectivity index (χ2v) is 4.04. The Bertz CT molecular complexity index is 599. The lowest BCUT2D eigenvalue weighted by Gasteiger charge is -2.21. The summed E-state index contributed by atoms with van der Waals surface area (Å²) in [4.78, 5) is 17.2. The Morgan fingerprint density at radius 3 is 2.68 bits per heavy atom. The summed E-state index contributed by atoms with van der Waals surface area (Å²) in [6, 6.07) is 10.2. The Hall–Kier alpha value is -2.56. The van der Waals surface area contributed by atoms with Crippen molar-refractivity contribution in [2.45, 2.75) is 6.92 Å². The van der Waals surface area contributed by atoms with Gasteiger partial charge < -0.3 is 10.5 Å². The molecule has 0 saturated heterocycles. The number of primary amides is 1. The number of carbonyl (C=O) groups excluding carboxylic acids is 1. The molecule has 5 nitrogen and oxygen atoms in total. The minimum Gasteiger partial charge on any atom is -0.495 e. The third-order valence-electron chi connectivity index (χ3n) is 2.68. The van der Waals surface area contributed by atoms with Crippen LogP contribution in [0.25, 0.3) is 0 Å². The first-order chi connectivity index (χ1) is 9.13. The number of ether oxygens (including phenoxy) is 1. The van der Waals surface area contributed by atoms with E-state index in [9.17, 15) is 4.79 Å². The molecule has 0 fully saturated rings. The Balaban J connectivity index is 2.55. The van der Waals surface area contributed by atoms with Crippen molar-refractivity contribution in [1.29, 1.82) is 0 Å². The average molecular weight is 257 g/mol. The Morgan fingerprint density at radius 2 is 2.05 bits per heavy atom. The molecule has 0 aliphatic heterocycles. The molecule has 1 aromatic heterocycles. The van der Waals surface area contributed by atoms with Crippen LogP contribution in [0.15, 0.2) is 42.6 Å². The van der Waals surface area contributed by atoms with Crippen LogP contribution >= 0.6 is 0 Å². The number of aryl methyl sites for hydroxylation is 1. The molecule has 0 atom stereocenters. The molecule has 98 valence electrons. The third kappa shape index (κ3) is 2.65. The van der Waals surface area contributed by atoms with E-state index in [2.05, 4.69) is 4.98 Å². The quantitative estimate of drug-likeness (QED) is 0.918. The summed E-state index contributed by atoms with van der Waals surface area (Å²) in [5.74, 6) is 1.03. The summed E-state index contributed by atoms with van der Waals surface area (Å²) < 4.78 is 5.25. The van der Waals surface area contributed by atoms with Crippen molar-refractivity contribution >= 4 is 17.5 Å². The largest absolute Gasteiger partial charge is 0.495 e. The lowest BCUT2D eigenvalue weighted by Crippen LogP contribution is -2.32. The van der Waals surface area contributed by atoms with Gasteiger partial charge in [-0.05, 0) is 36.8 Å². The lowest BCUT2D eigenvalue weighted by atomic mass is 10.2. The number of rotatable bonds is 3. The van der Waals surface area contributed by atoms with Gasteiger partial charge in [-0.25, -0.2) is 14.7 Å². The molecule has 1 heterocycles. The smallest absolute Gasteiger partial charge is 0.325 e. The topological polar surface area (TPSA) is 68.5 Å². The Kier molecular flexibility index (Phi) is 3.66. The zero-order valence-electron chi connectivity index (χ0n) is 10.8. The second kappa shape index (κ2) is 5.39. The third-order valence-corrected chi connectivity index (χ3v) is 2.68. The number of methoxy groups -OCH3 is 1. The summed E-state index contributed by atoms with van der Waals surface area (Å²) >= 11 is 0. The van der Waals surface area contributed by atoms with E-state index in [0.717, 1.165) is 5.56 Å². The lowest BCUT2D eigenvalue weighted by molar-refractivity contribution is 0.255. The van der Waals surface area contributed by atoms with Gasteiger partial charge in [0.05, 0.1) is 12.8 Å². The van der Waals surface area contributed by atoms with Crippen LogP contribution in [-0.2, 0) is 0 Å². The molecule has 2 amide bonds. The number of amides is 2. The predicted molar refractivity (Wildman–Crippen MR) is 73.7 cm³/mol. The molecule has 0 bridgehead atoms. The van der Waals surface area contributed by atoms with Crippen LogP contribution in [0.4, 0.5) is 16.3 Å². The molecule has 0 aliphatic carbocycles. The molecule has 2 N–H and O–H groups in total. The van der Waals surface area contributed by atoms with Gasteiger partial charge in [-0.2, -0.15) is 0 Å². The van der Waals surface area contributed by atoms with E-state index in [-0.39, 0.29) is 0 Å². The van der Waals surface area contributed by atoms with Crippen LogP contribution in [0, 0.1) is 6.92 Å². The van der Waals surface area contributed by atoms with Gasteiger partial charge in [-0.3, -0.25) is 0 Å². The van der Waals surface area contributed by atoms with E-state index >= 15 is 0 Å². The van der Waals surface area contributed by atoms with Crippen molar-refractivity contribution in [2.75, 3.05) is 12.0 Å². The molecule has 5 heteroatoms. The highest BCUT2D eigenvalue weighted by atomic mass is 16.5. The number of carbonyl (C=O) groups is 1. The van der Waals surface area contributed by atoms with E-state index in [4.69, 9.17) is 10.5 Å². The minimum atomic E-state index is -0.609. The average Bonchev–Trinajstić information content (AvgIpc) is 2.39. The van der Waals surface area contributed by atoms with Gasteiger partial charge in [-0.1, -0.05) is 12.1 Å². The highest BCUT2D eigenvalue weighted by Crippen LogP contribution is 2.32. The van der Waals surface area contributed by atoms with Gasteiger partial charge in [0.1, 0.15) is 11.6 Å². The highest BCUT2D eigenvalue weighted by molar-refractivity contribution is 5.98. The number of pyridine rings is 1. The molecule has 1 aromatic carbocycles. The number of nitrogens with zero attached hydrogens (tertiary/aromatic N) is 2. The molecule has 0 spiro atoms. The van der Waals surface area contributed by atoms with Crippen molar-refractivity contribution in [2.24, 2.45) is 5.73 Å². The van der Waals surface area contributed by atoms with Crippen molar-refractivity contribution in [3.63, 3.8) is 0 Å². The zero-order valence-corrected chi connectivity index (χ0v) is 10.8. The summed E-state index contributed by atoms with van der Waals surface area (Å²) in [6.07, 6.45) is 1.63. The maximum absolute atomic E-state index is 11.7. The maximum Gasteiger partial charge on any atom is 0.325 e. The summed E-state index contributed by atoms with van der Waals surface area (Å²) in [5, 5.41) is 0. The molecule has 0 unspecified atom stereocenters. The first-order valence-corrected chi connectivity index (χ1v) is 5.78. The van der Waals surface area contributed by atoms with Gasteiger partial charge in [0.25, 0.3) is 0 Å². The number of para-hydroxylation sites is 2. The Morgan fingerprint density at radius 1 is 1.32 bits per heavy atom. The normalized spacial score (nSPS) is 10.0. The monoisotopic (exact) mass is 257 g/mol. The molecule has 19 heavy (non-hydrogen) atoms. The number of urea groups is 1. The van der Waals surface area contributed by atoms with E-state index in [1.165, 1.54) is 4.90 Å². The van der Waals surface area contributed by atoms with E-state index < -0.39 is 6.03 Å². The van der Waals surface area contributed by atoms with Gasteiger partial charge in [0.15, 0.2) is 0 Å². The van der Waals surface area contributed by atoms with Crippen LogP contribution in [0.2, 0.25) is 0 Å². The fourth-order valence-corrected chi connectivity index (χ4v) is 1.81. The fraction of sp³-hybridized carbons (Fsp3) is 0.143. The molecular weight excluding hydrogens is 242 g/mol. The van der Waals surface area contributed by atoms with Gasteiger partial charge >= 0.3 is 6.03 Å². The second-order valence-electron chi connectivity index (χ2n) is 4.04. The van der Waals surface area contributed by atoms with E-state index in [1.807, 2.05) is 25.1 Å². The number of hydrogen-bond donors (Lipinski definition) is 1. The Labute approximate surface area is 111 Å². The van der Waals surface area contributed by atoms with E-state index in [1.54, 1.807) is 31.5 Å². The van der Waals surface area contributed by atoms with Crippen LogP contribution in [0.3, 0.4) is 0 Å². The molecule has 0 radical (unpaired) electrons. The molecular formula is C14H15N3O2. The van der Waals surface area contributed by atoms with Crippen LogP contribution in [-0.4, -0.2) is 18.1 Å². The standard InChI is InChI=1S/C14H15N3O2/c1-10-7-8-16-13(9-10)17(14(15)18)11-5-3-4-6-12(11)19-2/h3-9H,1-2H3,(H2,15,18). The van der Waals surface area contributed by atoms with Gasteiger partial charge in [-0.15, -0.1) is 0 Å². The minimum absolute atomic E-state index is 0.469.